The van der Waals surface area contributed by atoms with Crippen LogP contribution < -0.4 is 0 Å². The highest BCUT2D eigenvalue weighted by atomic mass is 16.5. The first-order valence-electron chi connectivity index (χ1n) is 5.49. The highest BCUT2D eigenvalue weighted by molar-refractivity contribution is 5.68. The van der Waals surface area contributed by atoms with Gasteiger partial charge in [-0.05, 0) is 25.3 Å². The number of unbranched alkanes of at least 4 members (excludes halogenated alkanes) is 5. The van der Waals surface area contributed by atoms with E-state index < -0.39 is 0 Å². The van der Waals surface area contributed by atoms with Gasteiger partial charge in [0.15, 0.2) is 0 Å². The summed E-state index contributed by atoms with van der Waals surface area (Å²) < 4.78 is 4.56. The van der Waals surface area contributed by atoms with E-state index in [0.717, 1.165) is 19.3 Å². The fourth-order valence-corrected chi connectivity index (χ4v) is 1.32. The molecular weight excluding hydrogens is 188 g/mol. The second-order valence-electron chi connectivity index (χ2n) is 3.45. The van der Waals surface area contributed by atoms with E-state index in [0.29, 0.717) is 6.42 Å². The largest absolute Gasteiger partial charge is 0.469 e. The smallest absolute Gasteiger partial charge is 0.305 e. The quantitative estimate of drug-likeness (QED) is 0.348. The molecule has 0 atom stereocenters. The molecule has 0 aromatic heterocycles. The first kappa shape index (κ1) is 13.8. The Morgan fingerprint density at radius 1 is 1.27 bits per heavy atom. The molecule has 0 aromatic rings. The summed E-state index contributed by atoms with van der Waals surface area (Å²) in [6.45, 7) is 0. The highest BCUT2D eigenvalue weighted by Crippen LogP contribution is 2.07. The van der Waals surface area contributed by atoms with E-state index in [-0.39, 0.29) is 5.97 Å². The van der Waals surface area contributed by atoms with Crippen molar-refractivity contribution in [1.82, 2.24) is 0 Å². The summed E-state index contributed by atoms with van der Waals surface area (Å²) in [5, 5.41) is 0. The first-order valence-corrected chi connectivity index (χ1v) is 5.49. The fraction of sp³-hybridized carbons (Fsp3) is 0.615. The van der Waals surface area contributed by atoms with Crippen molar-refractivity contribution < 1.29 is 9.53 Å². The predicted molar refractivity (Wildman–Crippen MR) is 62.3 cm³/mol. The normalized spacial score (nSPS) is 10.1. The lowest BCUT2D eigenvalue weighted by molar-refractivity contribution is -0.140. The molecule has 2 heteroatoms. The van der Waals surface area contributed by atoms with Crippen molar-refractivity contribution in [3.05, 3.63) is 12.2 Å². The van der Waals surface area contributed by atoms with Crippen LogP contribution in [0, 0.1) is 12.3 Å². The number of hydrogen-bond acceptors (Lipinski definition) is 2. The molecule has 0 unspecified atom stereocenters. The summed E-state index contributed by atoms with van der Waals surface area (Å²) in [4.78, 5) is 10.8. The average Bonchev–Trinajstić information content (AvgIpc) is 2.26. The van der Waals surface area contributed by atoms with E-state index in [1.54, 1.807) is 6.08 Å². The molecule has 0 heterocycles. The van der Waals surface area contributed by atoms with Crippen molar-refractivity contribution in [2.75, 3.05) is 7.11 Å². The minimum absolute atomic E-state index is 0.105. The SMILES string of the molecule is C#CC=CCCCCCCCC(=O)OC. The molecule has 0 spiro atoms. The van der Waals surface area contributed by atoms with Crippen LogP contribution >= 0.6 is 0 Å². The Balaban J connectivity index is 3.09. The van der Waals surface area contributed by atoms with Crippen LogP contribution in [0.25, 0.3) is 0 Å². The zero-order chi connectivity index (χ0) is 11.4. The van der Waals surface area contributed by atoms with Gasteiger partial charge in [-0.3, -0.25) is 4.79 Å². The fourth-order valence-electron chi connectivity index (χ4n) is 1.32. The molecular formula is C13H20O2. The summed E-state index contributed by atoms with van der Waals surface area (Å²) in [7, 11) is 1.43. The summed E-state index contributed by atoms with van der Waals surface area (Å²) >= 11 is 0. The van der Waals surface area contributed by atoms with Crippen LogP contribution in [0.15, 0.2) is 12.2 Å². The summed E-state index contributed by atoms with van der Waals surface area (Å²) in [6, 6.07) is 0. The van der Waals surface area contributed by atoms with Gasteiger partial charge in [0.1, 0.15) is 0 Å². The first-order chi connectivity index (χ1) is 7.31. The molecule has 0 aromatic carbocycles. The number of allylic oxidation sites excluding steroid dienone is 2. The molecule has 0 aliphatic rings. The number of methoxy groups -OCH3 is 1. The Hall–Kier alpha value is -1.23. The molecule has 0 fully saturated rings. The number of ether oxygens (including phenoxy) is 1. The van der Waals surface area contributed by atoms with Gasteiger partial charge in [0.2, 0.25) is 0 Å². The minimum Gasteiger partial charge on any atom is -0.469 e. The van der Waals surface area contributed by atoms with Gasteiger partial charge in [0.25, 0.3) is 0 Å². The lowest BCUT2D eigenvalue weighted by Crippen LogP contribution is -1.98. The molecule has 0 bridgehead atoms. The minimum atomic E-state index is -0.105. The highest BCUT2D eigenvalue weighted by Gasteiger charge is 1.98. The third kappa shape index (κ3) is 10.7. The van der Waals surface area contributed by atoms with Crippen molar-refractivity contribution in [3.8, 4) is 12.3 Å². The Morgan fingerprint density at radius 2 is 1.93 bits per heavy atom. The zero-order valence-electron chi connectivity index (χ0n) is 9.50. The summed E-state index contributed by atoms with van der Waals surface area (Å²) in [6.07, 6.45) is 16.1. The van der Waals surface area contributed by atoms with Crippen molar-refractivity contribution in [2.45, 2.75) is 44.9 Å². The molecule has 2 nitrogen and oxygen atoms in total. The second-order valence-corrected chi connectivity index (χ2v) is 3.45. The summed E-state index contributed by atoms with van der Waals surface area (Å²) in [5.41, 5.74) is 0. The van der Waals surface area contributed by atoms with Crippen LogP contribution in [0.5, 0.6) is 0 Å². The van der Waals surface area contributed by atoms with Crippen LogP contribution in [0.2, 0.25) is 0 Å². The average molecular weight is 208 g/mol. The van der Waals surface area contributed by atoms with Gasteiger partial charge in [-0.25, -0.2) is 0 Å². The molecule has 0 saturated carbocycles. The molecule has 15 heavy (non-hydrogen) atoms. The standard InChI is InChI=1S/C13H20O2/c1-3-4-5-6-7-8-9-10-11-12-13(14)15-2/h1,4-5H,6-12H2,2H3. The third-order valence-electron chi connectivity index (χ3n) is 2.19. The maximum absolute atomic E-state index is 10.8. The Kier molecular flexibility index (Phi) is 9.96. The lowest BCUT2D eigenvalue weighted by atomic mass is 10.1. The molecule has 84 valence electrons. The Bertz CT molecular complexity index is 223. The number of hydrogen-bond donors (Lipinski definition) is 0. The Morgan fingerprint density at radius 3 is 2.60 bits per heavy atom. The van der Waals surface area contributed by atoms with Gasteiger partial charge in [0, 0.05) is 6.42 Å². The van der Waals surface area contributed by atoms with Crippen LogP contribution in [0.1, 0.15) is 44.9 Å². The molecule has 0 N–H and O–H groups in total. The molecule has 0 aliphatic carbocycles. The van der Waals surface area contributed by atoms with Crippen molar-refractivity contribution in [1.29, 1.82) is 0 Å². The van der Waals surface area contributed by atoms with E-state index in [2.05, 4.69) is 10.7 Å². The van der Waals surface area contributed by atoms with Crippen molar-refractivity contribution in [3.63, 3.8) is 0 Å². The molecule has 0 aliphatic heterocycles. The molecule has 0 saturated heterocycles. The molecule has 0 radical (unpaired) electrons. The number of esters is 1. The van der Waals surface area contributed by atoms with Gasteiger partial charge in [-0.1, -0.05) is 31.3 Å². The number of carbonyl (C=O) groups excluding carboxylic acids is 1. The van der Waals surface area contributed by atoms with E-state index in [9.17, 15) is 4.79 Å². The predicted octanol–water partition coefficient (Wildman–Crippen LogP) is 3.08. The maximum atomic E-state index is 10.8. The second kappa shape index (κ2) is 10.8. The van der Waals surface area contributed by atoms with Gasteiger partial charge < -0.3 is 4.74 Å². The van der Waals surface area contributed by atoms with E-state index >= 15 is 0 Å². The van der Waals surface area contributed by atoms with E-state index in [1.807, 2.05) is 6.08 Å². The Labute approximate surface area is 92.7 Å². The zero-order valence-corrected chi connectivity index (χ0v) is 9.50. The van der Waals surface area contributed by atoms with Crippen LogP contribution in [-0.2, 0) is 9.53 Å². The van der Waals surface area contributed by atoms with Crippen LogP contribution in [0.4, 0.5) is 0 Å². The number of rotatable bonds is 8. The topological polar surface area (TPSA) is 26.3 Å². The van der Waals surface area contributed by atoms with Gasteiger partial charge >= 0.3 is 5.97 Å². The van der Waals surface area contributed by atoms with Gasteiger partial charge in [-0.2, -0.15) is 0 Å². The van der Waals surface area contributed by atoms with Crippen molar-refractivity contribution in [2.24, 2.45) is 0 Å². The van der Waals surface area contributed by atoms with Gasteiger partial charge in [0.05, 0.1) is 7.11 Å². The lowest BCUT2D eigenvalue weighted by Gasteiger charge is -1.99. The van der Waals surface area contributed by atoms with Crippen molar-refractivity contribution >= 4 is 5.97 Å². The monoisotopic (exact) mass is 208 g/mol. The van der Waals surface area contributed by atoms with E-state index in [4.69, 9.17) is 6.42 Å². The number of carbonyl (C=O) groups is 1. The van der Waals surface area contributed by atoms with Crippen LogP contribution in [-0.4, -0.2) is 13.1 Å². The summed E-state index contributed by atoms with van der Waals surface area (Å²) in [5.74, 6) is 2.36. The molecule has 0 amide bonds. The molecule has 0 rings (SSSR count). The maximum Gasteiger partial charge on any atom is 0.305 e. The number of terminal acetylenes is 1. The third-order valence-corrected chi connectivity index (χ3v) is 2.19. The van der Waals surface area contributed by atoms with E-state index in [1.165, 1.54) is 26.4 Å². The van der Waals surface area contributed by atoms with Gasteiger partial charge in [-0.15, -0.1) is 6.42 Å². The van der Waals surface area contributed by atoms with Crippen LogP contribution in [0.3, 0.4) is 0 Å².